The lowest BCUT2D eigenvalue weighted by molar-refractivity contribution is -0.113. The minimum Gasteiger partial charge on any atom is -0.497 e. The lowest BCUT2D eigenvalue weighted by Crippen LogP contribution is -2.46. The van der Waals surface area contributed by atoms with Gasteiger partial charge in [0.1, 0.15) is 11.5 Å². The maximum atomic E-state index is 13.5. The summed E-state index contributed by atoms with van der Waals surface area (Å²) in [7, 11) is 2.95. The van der Waals surface area contributed by atoms with Gasteiger partial charge in [-0.25, -0.2) is 13.6 Å². The number of allylic oxidation sites excluding steroid dienone is 1. The van der Waals surface area contributed by atoms with E-state index in [4.69, 9.17) is 9.47 Å². The van der Waals surface area contributed by atoms with Crippen molar-refractivity contribution in [3.63, 3.8) is 0 Å². The summed E-state index contributed by atoms with van der Waals surface area (Å²) in [6, 6.07) is 6.65. The van der Waals surface area contributed by atoms with Crippen LogP contribution in [0.1, 0.15) is 18.5 Å². The molecule has 2 aromatic carbocycles. The molecule has 0 fully saturated rings. The van der Waals surface area contributed by atoms with E-state index in [0.29, 0.717) is 22.8 Å². The van der Waals surface area contributed by atoms with E-state index in [9.17, 15) is 18.4 Å². The molecular weight excluding hydrogens is 384 g/mol. The first-order valence-electron chi connectivity index (χ1n) is 8.60. The zero-order valence-electron chi connectivity index (χ0n) is 15.9. The molecule has 0 aliphatic carbocycles. The smallest absolute Gasteiger partial charge is 0.319 e. The van der Waals surface area contributed by atoms with Gasteiger partial charge in [0.05, 0.1) is 25.8 Å². The number of carbonyl (C=O) groups is 2. The third-order valence-corrected chi connectivity index (χ3v) is 4.44. The molecule has 0 spiro atoms. The molecule has 1 aliphatic heterocycles. The average molecular weight is 403 g/mol. The van der Waals surface area contributed by atoms with E-state index >= 15 is 0 Å². The zero-order valence-corrected chi connectivity index (χ0v) is 15.9. The summed E-state index contributed by atoms with van der Waals surface area (Å²) in [6.45, 7) is 1.57. The van der Waals surface area contributed by atoms with Crippen LogP contribution in [0, 0.1) is 11.6 Å². The van der Waals surface area contributed by atoms with Crippen molar-refractivity contribution in [1.29, 1.82) is 0 Å². The molecule has 0 saturated carbocycles. The molecule has 3 rings (SSSR count). The number of benzene rings is 2. The molecule has 0 radical (unpaired) electrons. The molecule has 29 heavy (non-hydrogen) atoms. The summed E-state index contributed by atoms with van der Waals surface area (Å²) >= 11 is 0. The molecule has 1 unspecified atom stereocenters. The number of rotatable bonds is 5. The fourth-order valence-electron chi connectivity index (χ4n) is 3.07. The fourth-order valence-corrected chi connectivity index (χ4v) is 3.07. The molecule has 1 aliphatic rings. The maximum absolute atomic E-state index is 13.5. The second-order valence-electron chi connectivity index (χ2n) is 6.26. The highest BCUT2D eigenvalue weighted by Crippen LogP contribution is 2.36. The molecule has 3 N–H and O–H groups in total. The van der Waals surface area contributed by atoms with Gasteiger partial charge in [0.25, 0.3) is 5.91 Å². The lowest BCUT2D eigenvalue weighted by Gasteiger charge is -2.29. The second-order valence-corrected chi connectivity index (χ2v) is 6.26. The Morgan fingerprint density at radius 1 is 1.07 bits per heavy atom. The van der Waals surface area contributed by atoms with Crippen LogP contribution >= 0.6 is 0 Å². The Labute approximate surface area is 165 Å². The second kappa shape index (κ2) is 8.17. The molecule has 0 bridgehead atoms. The van der Waals surface area contributed by atoms with Gasteiger partial charge < -0.3 is 25.4 Å². The van der Waals surface area contributed by atoms with Crippen LogP contribution in [0.3, 0.4) is 0 Å². The van der Waals surface area contributed by atoms with Gasteiger partial charge in [-0.1, -0.05) is 0 Å². The van der Waals surface area contributed by atoms with Crippen LogP contribution in [0.2, 0.25) is 0 Å². The van der Waals surface area contributed by atoms with Crippen LogP contribution in [0.15, 0.2) is 47.7 Å². The van der Waals surface area contributed by atoms with Gasteiger partial charge in [-0.15, -0.1) is 0 Å². The van der Waals surface area contributed by atoms with Crippen LogP contribution in [0.5, 0.6) is 11.5 Å². The number of carbonyl (C=O) groups excluding carboxylic acids is 2. The van der Waals surface area contributed by atoms with Crippen LogP contribution in [0.25, 0.3) is 0 Å². The van der Waals surface area contributed by atoms with Gasteiger partial charge in [0.15, 0.2) is 11.6 Å². The van der Waals surface area contributed by atoms with Gasteiger partial charge in [-0.2, -0.15) is 0 Å². The monoisotopic (exact) mass is 403 g/mol. The molecule has 9 heteroatoms. The summed E-state index contributed by atoms with van der Waals surface area (Å²) in [5.41, 5.74) is 1.06. The van der Waals surface area contributed by atoms with Gasteiger partial charge in [-0.05, 0) is 37.3 Å². The molecule has 0 aromatic heterocycles. The van der Waals surface area contributed by atoms with Crippen molar-refractivity contribution >= 4 is 17.6 Å². The van der Waals surface area contributed by atoms with Gasteiger partial charge in [-0.3, -0.25) is 4.79 Å². The van der Waals surface area contributed by atoms with Crippen LogP contribution in [-0.2, 0) is 4.79 Å². The van der Waals surface area contributed by atoms with Crippen molar-refractivity contribution in [2.75, 3.05) is 19.5 Å². The summed E-state index contributed by atoms with van der Waals surface area (Å²) < 4.78 is 37.2. The van der Waals surface area contributed by atoms with Crippen molar-refractivity contribution in [2.45, 2.75) is 13.0 Å². The highest BCUT2D eigenvalue weighted by molar-refractivity contribution is 6.06. The number of nitrogens with one attached hydrogen (secondary N) is 3. The van der Waals surface area contributed by atoms with Crippen molar-refractivity contribution in [3.05, 3.63) is 64.9 Å². The average Bonchev–Trinajstić information content (AvgIpc) is 2.69. The SMILES string of the molecule is COc1ccc(OC)c(C2NC(=O)NC(C)=C2C(=O)Nc2ccc(F)c(F)c2)c1. The molecule has 2 aromatic rings. The summed E-state index contributed by atoms with van der Waals surface area (Å²) in [6.07, 6.45) is 0. The predicted octanol–water partition coefficient (Wildman–Crippen LogP) is 3.25. The zero-order chi connectivity index (χ0) is 21.1. The van der Waals surface area contributed by atoms with E-state index in [1.165, 1.54) is 20.3 Å². The van der Waals surface area contributed by atoms with E-state index in [0.717, 1.165) is 12.1 Å². The molecule has 152 valence electrons. The van der Waals surface area contributed by atoms with E-state index < -0.39 is 29.6 Å². The summed E-state index contributed by atoms with van der Waals surface area (Å²) in [5, 5.41) is 7.76. The van der Waals surface area contributed by atoms with Crippen LogP contribution in [-0.4, -0.2) is 26.2 Å². The van der Waals surface area contributed by atoms with E-state index in [-0.39, 0.29) is 11.3 Å². The molecule has 1 atom stereocenters. The first kappa shape index (κ1) is 20.1. The number of halogens is 2. The molecule has 0 saturated heterocycles. The fraction of sp³-hybridized carbons (Fsp3) is 0.200. The van der Waals surface area contributed by atoms with Crippen LogP contribution < -0.4 is 25.4 Å². The quantitative estimate of drug-likeness (QED) is 0.715. The van der Waals surface area contributed by atoms with E-state index in [1.54, 1.807) is 25.1 Å². The van der Waals surface area contributed by atoms with Crippen molar-refractivity contribution < 1.29 is 27.8 Å². The highest BCUT2D eigenvalue weighted by Gasteiger charge is 2.33. The molecule has 7 nitrogen and oxygen atoms in total. The van der Waals surface area contributed by atoms with Crippen LogP contribution in [0.4, 0.5) is 19.3 Å². The Bertz CT molecular complexity index is 1010. The normalized spacial score (nSPS) is 16.0. The number of anilines is 1. The summed E-state index contributed by atoms with van der Waals surface area (Å²) in [5.74, 6) is -1.77. The predicted molar refractivity (Wildman–Crippen MR) is 102 cm³/mol. The minimum atomic E-state index is -1.09. The molecule has 3 amide bonds. The number of amides is 3. The van der Waals surface area contributed by atoms with Gasteiger partial charge >= 0.3 is 6.03 Å². The third kappa shape index (κ3) is 4.13. The Morgan fingerprint density at radius 2 is 1.83 bits per heavy atom. The van der Waals surface area contributed by atoms with Gasteiger partial charge in [0.2, 0.25) is 0 Å². The van der Waals surface area contributed by atoms with E-state index in [2.05, 4.69) is 16.0 Å². The minimum absolute atomic E-state index is 0.0717. The molecule has 1 heterocycles. The number of urea groups is 1. The number of hydrogen-bond donors (Lipinski definition) is 3. The van der Waals surface area contributed by atoms with Crippen molar-refractivity contribution in [3.8, 4) is 11.5 Å². The number of hydrogen-bond acceptors (Lipinski definition) is 4. The number of methoxy groups -OCH3 is 2. The first-order valence-corrected chi connectivity index (χ1v) is 8.60. The Hall–Kier alpha value is -3.62. The number of ether oxygens (including phenoxy) is 2. The standard InChI is InChI=1S/C20H19F2N3O4/c1-10-17(19(26)24-11-4-6-14(21)15(22)8-11)18(25-20(27)23-10)13-9-12(28-2)5-7-16(13)29-3/h4-9,18H,1-3H3,(H,24,26)(H2,23,25,27). The Balaban J connectivity index is 2.02. The molecular formula is C20H19F2N3O4. The lowest BCUT2D eigenvalue weighted by atomic mass is 9.93. The highest BCUT2D eigenvalue weighted by atomic mass is 19.2. The van der Waals surface area contributed by atoms with E-state index in [1.807, 2.05) is 0 Å². The van der Waals surface area contributed by atoms with Crippen molar-refractivity contribution in [1.82, 2.24) is 10.6 Å². The Kier molecular flexibility index (Phi) is 5.67. The summed E-state index contributed by atoms with van der Waals surface area (Å²) in [4.78, 5) is 25.0. The van der Waals surface area contributed by atoms with Gasteiger partial charge in [0, 0.05) is 23.0 Å². The van der Waals surface area contributed by atoms with Crippen molar-refractivity contribution in [2.24, 2.45) is 0 Å². The Morgan fingerprint density at radius 3 is 2.48 bits per heavy atom. The first-order chi connectivity index (χ1) is 13.8. The third-order valence-electron chi connectivity index (χ3n) is 4.44. The topological polar surface area (TPSA) is 88.7 Å². The largest absolute Gasteiger partial charge is 0.497 e. The maximum Gasteiger partial charge on any atom is 0.319 e.